The smallest absolute Gasteiger partial charge is 0.303 e. The van der Waals surface area contributed by atoms with Crippen LogP contribution in [0.1, 0.15) is 38.5 Å². The highest BCUT2D eigenvalue weighted by Gasteiger charge is 2.47. The highest BCUT2D eigenvalue weighted by molar-refractivity contribution is 7.99. The van der Waals surface area contributed by atoms with E-state index in [0.29, 0.717) is 24.0 Å². The van der Waals surface area contributed by atoms with Crippen LogP contribution >= 0.6 is 11.8 Å². The molecule has 0 aliphatic carbocycles. The maximum Gasteiger partial charge on any atom is 0.303 e. The second-order valence-electron chi connectivity index (χ2n) is 7.35. The van der Waals surface area contributed by atoms with E-state index in [1.165, 1.54) is 12.8 Å². The number of hydrogen-bond donors (Lipinski definition) is 1. The molecule has 0 spiro atoms. The number of para-hydroxylation sites is 1. The third-order valence-electron chi connectivity index (χ3n) is 5.48. The van der Waals surface area contributed by atoms with Crippen molar-refractivity contribution in [3.8, 4) is 5.75 Å². The van der Waals surface area contributed by atoms with Crippen molar-refractivity contribution in [3.05, 3.63) is 42.5 Å². The molecule has 4 atom stereocenters. The average molecular weight is 391 g/mol. The second-order valence-corrected chi connectivity index (χ2v) is 8.50. The van der Waals surface area contributed by atoms with Crippen LogP contribution in [0.2, 0.25) is 0 Å². The predicted molar refractivity (Wildman–Crippen MR) is 109 cm³/mol. The van der Waals surface area contributed by atoms with Gasteiger partial charge >= 0.3 is 5.97 Å². The van der Waals surface area contributed by atoms with E-state index < -0.39 is 5.97 Å². The maximum absolute atomic E-state index is 10.5. The maximum atomic E-state index is 10.5. The van der Waals surface area contributed by atoms with Gasteiger partial charge in [0.05, 0.1) is 18.8 Å². The Morgan fingerprint density at radius 1 is 1.19 bits per heavy atom. The Kier molecular flexibility index (Phi) is 8.09. The number of thioether (sulfide) groups is 1. The lowest BCUT2D eigenvalue weighted by Gasteiger charge is -2.27. The van der Waals surface area contributed by atoms with Crippen LogP contribution in [-0.2, 0) is 9.53 Å². The summed E-state index contributed by atoms with van der Waals surface area (Å²) in [5.41, 5.74) is 0. The lowest BCUT2D eigenvalue weighted by molar-refractivity contribution is -0.137. The molecular formula is C22H30O4S. The minimum absolute atomic E-state index is 0.256. The molecular weight excluding hydrogens is 360 g/mol. The largest absolute Gasteiger partial charge is 0.493 e. The van der Waals surface area contributed by atoms with Crippen molar-refractivity contribution in [1.82, 2.24) is 0 Å². The van der Waals surface area contributed by atoms with Gasteiger partial charge in [0.15, 0.2) is 0 Å². The third-order valence-corrected chi connectivity index (χ3v) is 6.55. The molecule has 2 aliphatic rings. The van der Waals surface area contributed by atoms with Gasteiger partial charge in [0.1, 0.15) is 5.75 Å². The van der Waals surface area contributed by atoms with Crippen molar-refractivity contribution >= 4 is 17.7 Å². The molecule has 2 heterocycles. The molecule has 2 saturated heterocycles. The molecule has 0 aromatic heterocycles. The Balaban J connectivity index is 1.35. The van der Waals surface area contributed by atoms with Crippen molar-refractivity contribution in [2.45, 2.75) is 50.7 Å². The molecule has 0 saturated carbocycles. The molecule has 2 aliphatic heterocycles. The zero-order valence-corrected chi connectivity index (χ0v) is 16.6. The minimum atomic E-state index is -0.710. The molecule has 2 bridgehead atoms. The number of carbonyl (C=O) groups is 1. The molecule has 0 radical (unpaired) electrons. The molecule has 2 fully saturated rings. The van der Waals surface area contributed by atoms with Crippen molar-refractivity contribution in [2.75, 3.05) is 18.1 Å². The van der Waals surface area contributed by atoms with Crippen LogP contribution in [-0.4, -0.2) is 41.4 Å². The summed E-state index contributed by atoms with van der Waals surface area (Å²) in [4.78, 5) is 10.5. The number of allylic oxidation sites excluding steroid dienone is 2. The number of carboxylic acids is 1. The van der Waals surface area contributed by atoms with E-state index in [1.54, 1.807) is 0 Å². The van der Waals surface area contributed by atoms with E-state index >= 15 is 0 Å². The molecule has 148 valence electrons. The van der Waals surface area contributed by atoms with Crippen LogP contribution in [0.5, 0.6) is 5.75 Å². The molecule has 1 aromatic rings. The van der Waals surface area contributed by atoms with Gasteiger partial charge in [-0.05, 0) is 61.8 Å². The standard InChI is InChI=1S/C22H30O4S/c23-22(24)11-7-2-1-6-10-18-19(21-13-12-20(18)26-21)16-27-15-14-25-17-8-4-3-5-9-17/h1,3-6,8-9,18-21H,2,7,10-16H2,(H,23,24)/b6-1-. The molecule has 0 amide bonds. The molecule has 4 unspecified atom stereocenters. The number of carboxylic acid groups (broad SMARTS) is 1. The molecule has 4 nitrogen and oxygen atoms in total. The predicted octanol–water partition coefficient (Wildman–Crippen LogP) is 4.79. The number of fused-ring (bicyclic) bond motifs is 2. The Bertz CT molecular complexity index is 604. The first-order valence-electron chi connectivity index (χ1n) is 10.0. The van der Waals surface area contributed by atoms with E-state index in [4.69, 9.17) is 14.6 Å². The van der Waals surface area contributed by atoms with Gasteiger partial charge in [0, 0.05) is 12.2 Å². The fraction of sp³-hybridized carbons (Fsp3) is 0.591. The quantitative estimate of drug-likeness (QED) is 0.411. The Hall–Kier alpha value is -1.46. The first kappa shape index (κ1) is 20.3. The van der Waals surface area contributed by atoms with Crippen LogP contribution in [0.3, 0.4) is 0 Å². The molecule has 3 rings (SSSR count). The summed E-state index contributed by atoms with van der Waals surface area (Å²) in [6, 6.07) is 9.97. The monoisotopic (exact) mass is 390 g/mol. The second kappa shape index (κ2) is 10.8. The normalized spacial score (nSPS) is 26.7. The first-order valence-corrected chi connectivity index (χ1v) is 11.2. The van der Waals surface area contributed by atoms with Crippen LogP contribution in [0, 0.1) is 11.8 Å². The van der Waals surface area contributed by atoms with E-state index in [1.807, 2.05) is 42.1 Å². The summed E-state index contributed by atoms with van der Waals surface area (Å²) in [5.74, 6) is 3.61. The number of ether oxygens (including phenoxy) is 2. The van der Waals surface area contributed by atoms with Crippen LogP contribution in [0.4, 0.5) is 0 Å². The minimum Gasteiger partial charge on any atom is -0.493 e. The average Bonchev–Trinajstić information content (AvgIpc) is 3.27. The summed E-state index contributed by atoms with van der Waals surface area (Å²) in [6.45, 7) is 0.741. The van der Waals surface area contributed by atoms with Crippen molar-refractivity contribution in [1.29, 1.82) is 0 Å². The zero-order chi connectivity index (χ0) is 18.9. The third kappa shape index (κ3) is 6.28. The van der Waals surface area contributed by atoms with Gasteiger partial charge in [-0.25, -0.2) is 0 Å². The fourth-order valence-electron chi connectivity index (χ4n) is 4.12. The molecule has 27 heavy (non-hydrogen) atoms. The van der Waals surface area contributed by atoms with E-state index in [2.05, 4.69) is 12.2 Å². The van der Waals surface area contributed by atoms with Gasteiger partial charge in [0.2, 0.25) is 0 Å². The Labute approximate surface area is 166 Å². The highest BCUT2D eigenvalue weighted by Crippen LogP contribution is 2.46. The fourth-order valence-corrected chi connectivity index (χ4v) is 5.23. The van der Waals surface area contributed by atoms with E-state index in [9.17, 15) is 4.79 Å². The Morgan fingerprint density at radius 3 is 2.74 bits per heavy atom. The van der Waals surface area contributed by atoms with Crippen LogP contribution < -0.4 is 4.74 Å². The number of aliphatic carboxylic acids is 1. The summed E-state index contributed by atoms with van der Waals surface area (Å²) < 4.78 is 12.0. The zero-order valence-electron chi connectivity index (χ0n) is 15.8. The van der Waals surface area contributed by atoms with Gasteiger partial charge in [-0.15, -0.1) is 0 Å². The van der Waals surface area contributed by atoms with Crippen molar-refractivity contribution in [3.63, 3.8) is 0 Å². The van der Waals surface area contributed by atoms with E-state index in [-0.39, 0.29) is 6.42 Å². The SMILES string of the molecule is O=C(O)CCC/C=C\CC1C2CCC(O2)C1CSCCOc1ccccc1. The summed E-state index contributed by atoms with van der Waals surface area (Å²) in [5, 5.41) is 8.68. The lowest BCUT2D eigenvalue weighted by Crippen LogP contribution is -2.28. The van der Waals surface area contributed by atoms with Crippen molar-refractivity contribution in [2.24, 2.45) is 11.8 Å². The van der Waals surface area contributed by atoms with Crippen molar-refractivity contribution < 1.29 is 19.4 Å². The molecule has 1 aromatic carbocycles. The number of rotatable bonds is 12. The number of benzene rings is 1. The van der Waals surface area contributed by atoms with Gasteiger partial charge in [-0.1, -0.05) is 30.4 Å². The van der Waals surface area contributed by atoms with E-state index in [0.717, 1.165) is 43.1 Å². The topological polar surface area (TPSA) is 55.8 Å². The summed E-state index contributed by atoms with van der Waals surface area (Å²) in [6.07, 6.45) is 10.5. The molecule has 1 N–H and O–H groups in total. The Morgan fingerprint density at radius 2 is 1.96 bits per heavy atom. The van der Waals surface area contributed by atoms with Gasteiger partial charge in [0.25, 0.3) is 0 Å². The first-order chi connectivity index (χ1) is 13.2. The molecule has 5 heteroatoms. The van der Waals surface area contributed by atoms with Crippen LogP contribution in [0.25, 0.3) is 0 Å². The summed E-state index contributed by atoms with van der Waals surface area (Å²) >= 11 is 1.97. The van der Waals surface area contributed by atoms with Crippen LogP contribution in [0.15, 0.2) is 42.5 Å². The summed E-state index contributed by atoms with van der Waals surface area (Å²) in [7, 11) is 0. The number of unbranched alkanes of at least 4 members (excludes halogenated alkanes) is 1. The van der Waals surface area contributed by atoms with Gasteiger partial charge in [-0.3, -0.25) is 4.79 Å². The van der Waals surface area contributed by atoms with Gasteiger partial charge < -0.3 is 14.6 Å². The van der Waals surface area contributed by atoms with Gasteiger partial charge in [-0.2, -0.15) is 11.8 Å². The highest BCUT2D eigenvalue weighted by atomic mass is 32.2. The number of hydrogen-bond acceptors (Lipinski definition) is 4. The lowest BCUT2D eigenvalue weighted by atomic mass is 9.78.